The van der Waals surface area contributed by atoms with Crippen LogP contribution in [0.25, 0.3) is 11.0 Å². The fourth-order valence-corrected chi connectivity index (χ4v) is 2.57. The lowest BCUT2D eigenvalue weighted by atomic mass is 9.99. The van der Waals surface area contributed by atoms with Gasteiger partial charge in [0.1, 0.15) is 17.4 Å². The standard InChI is InChI=1S/C19H23NO7/c1-4-11(2)18(19(24)25-3)20-16(22)10-27-17(23)7-12-9-26-15-8-13(21)5-6-14(12)15/h5-6,8-9,11,18,21H,4,7,10H2,1-3H3,(H,20,22)/t11-,18+/m1/s1. The molecule has 2 N–H and O–H groups in total. The van der Waals surface area contributed by atoms with Crippen molar-refractivity contribution in [3.8, 4) is 5.75 Å². The molecule has 0 radical (unpaired) electrons. The molecule has 0 bridgehead atoms. The Morgan fingerprint density at radius 3 is 2.70 bits per heavy atom. The third kappa shape index (κ3) is 5.22. The topological polar surface area (TPSA) is 115 Å². The van der Waals surface area contributed by atoms with Crippen LogP contribution in [-0.2, 0) is 30.3 Å². The van der Waals surface area contributed by atoms with Gasteiger partial charge >= 0.3 is 11.9 Å². The number of nitrogens with one attached hydrogen (secondary N) is 1. The molecule has 8 heteroatoms. The summed E-state index contributed by atoms with van der Waals surface area (Å²) in [6.07, 6.45) is 1.99. The van der Waals surface area contributed by atoms with Crippen molar-refractivity contribution in [3.63, 3.8) is 0 Å². The van der Waals surface area contributed by atoms with Crippen molar-refractivity contribution >= 4 is 28.8 Å². The minimum absolute atomic E-state index is 0.0594. The van der Waals surface area contributed by atoms with Crippen LogP contribution in [0.15, 0.2) is 28.9 Å². The highest BCUT2D eigenvalue weighted by molar-refractivity contribution is 5.88. The number of phenols is 1. The van der Waals surface area contributed by atoms with Crippen molar-refractivity contribution in [2.45, 2.75) is 32.7 Å². The van der Waals surface area contributed by atoms with Gasteiger partial charge in [0, 0.05) is 17.0 Å². The zero-order chi connectivity index (χ0) is 20.0. The molecule has 2 rings (SSSR count). The Hall–Kier alpha value is -3.03. The molecule has 1 aromatic heterocycles. The third-order valence-electron chi connectivity index (χ3n) is 4.32. The van der Waals surface area contributed by atoms with Gasteiger partial charge in [0.15, 0.2) is 6.61 Å². The molecule has 0 saturated heterocycles. The van der Waals surface area contributed by atoms with E-state index in [2.05, 4.69) is 5.32 Å². The van der Waals surface area contributed by atoms with Crippen LogP contribution in [0.4, 0.5) is 0 Å². The highest BCUT2D eigenvalue weighted by Gasteiger charge is 2.27. The first-order valence-corrected chi connectivity index (χ1v) is 8.57. The number of ether oxygens (including phenoxy) is 2. The number of carbonyl (C=O) groups excluding carboxylic acids is 3. The first kappa shape index (κ1) is 20.3. The molecule has 0 aliphatic heterocycles. The van der Waals surface area contributed by atoms with Crippen LogP contribution in [0.1, 0.15) is 25.8 Å². The fraction of sp³-hybridized carbons (Fsp3) is 0.421. The summed E-state index contributed by atoms with van der Waals surface area (Å²) in [5.41, 5.74) is 1.03. The molecule has 27 heavy (non-hydrogen) atoms. The van der Waals surface area contributed by atoms with E-state index in [0.29, 0.717) is 23.0 Å². The molecule has 8 nitrogen and oxygen atoms in total. The van der Waals surface area contributed by atoms with Gasteiger partial charge in [-0.15, -0.1) is 0 Å². The average molecular weight is 377 g/mol. The Morgan fingerprint density at radius 2 is 2.04 bits per heavy atom. The number of amides is 1. The van der Waals surface area contributed by atoms with E-state index in [1.54, 1.807) is 6.07 Å². The van der Waals surface area contributed by atoms with Gasteiger partial charge in [0.25, 0.3) is 5.91 Å². The fourth-order valence-electron chi connectivity index (χ4n) is 2.57. The minimum atomic E-state index is -0.795. The van der Waals surface area contributed by atoms with Gasteiger partial charge in [-0.2, -0.15) is 0 Å². The smallest absolute Gasteiger partial charge is 0.328 e. The molecule has 0 spiro atoms. The lowest BCUT2D eigenvalue weighted by Gasteiger charge is -2.21. The van der Waals surface area contributed by atoms with Crippen molar-refractivity contribution in [2.24, 2.45) is 5.92 Å². The Bertz CT molecular complexity index is 827. The van der Waals surface area contributed by atoms with Gasteiger partial charge in [-0.1, -0.05) is 20.3 Å². The second-order valence-corrected chi connectivity index (χ2v) is 6.23. The predicted octanol–water partition coefficient (Wildman–Crippen LogP) is 1.93. The maximum atomic E-state index is 12.0. The number of fused-ring (bicyclic) bond motifs is 1. The molecule has 0 aliphatic carbocycles. The molecule has 1 amide bonds. The van der Waals surface area contributed by atoms with E-state index < -0.39 is 30.5 Å². The largest absolute Gasteiger partial charge is 0.508 e. The zero-order valence-electron chi connectivity index (χ0n) is 15.5. The molecule has 0 aliphatic rings. The average Bonchev–Trinajstić information content (AvgIpc) is 3.04. The van der Waals surface area contributed by atoms with Crippen molar-refractivity contribution < 1.29 is 33.4 Å². The zero-order valence-corrected chi connectivity index (χ0v) is 15.5. The third-order valence-corrected chi connectivity index (χ3v) is 4.32. The normalized spacial score (nSPS) is 13.0. The number of methoxy groups -OCH3 is 1. The van der Waals surface area contributed by atoms with E-state index in [-0.39, 0.29) is 18.1 Å². The summed E-state index contributed by atoms with van der Waals surface area (Å²) in [5.74, 6) is -1.80. The first-order valence-electron chi connectivity index (χ1n) is 8.57. The number of aromatic hydroxyl groups is 1. The number of hydrogen-bond acceptors (Lipinski definition) is 7. The molecule has 1 aromatic carbocycles. The van der Waals surface area contributed by atoms with E-state index in [1.165, 1.54) is 25.5 Å². The Kier molecular flexibility index (Phi) is 6.81. The monoisotopic (exact) mass is 377 g/mol. The maximum absolute atomic E-state index is 12.0. The van der Waals surface area contributed by atoms with Crippen LogP contribution in [0.2, 0.25) is 0 Å². The predicted molar refractivity (Wildman–Crippen MR) is 95.9 cm³/mol. The number of hydrogen-bond donors (Lipinski definition) is 2. The lowest BCUT2D eigenvalue weighted by Crippen LogP contribution is -2.47. The van der Waals surface area contributed by atoms with Crippen molar-refractivity contribution in [3.05, 3.63) is 30.0 Å². The number of phenolic OH excluding ortho intramolecular Hbond substituents is 1. The molecule has 146 valence electrons. The number of rotatable bonds is 8. The van der Waals surface area contributed by atoms with Crippen LogP contribution < -0.4 is 5.32 Å². The summed E-state index contributed by atoms with van der Waals surface area (Å²) in [4.78, 5) is 35.8. The van der Waals surface area contributed by atoms with Crippen molar-refractivity contribution in [1.29, 1.82) is 0 Å². The van der Waals surface area contributed by atoms with Gasteiger partial charge in [0.2, 0.25) is 0 Å². The SMILES string of the molecule is CC[C@@H](C)[C@H](NC(=O)COC(=O)Cc1coc2cc(O)ccc12)C(=O)OC. The van der Waals surface area contributed by atoms with E-state index in [4.69, 9.17) is 13.9 Å². The number of carbonyl (C=O) groups is 3. The van der Waals surface area contributed by atoms with Gasteiger partial charge in [0.05, 0.1) is 19.8 Å². The van der Waals surface area contributed by atoms with E-state index in [1.807, 2.05) is 13.8 Å². The van der Waals surface area contributed by atoms with Crippen LogP contribution >= 0.6 is 0 Å². The second kappa shape index (κ2) is 9.07. The summed E-state index contributed by atoms with van der Waals surface area (Å²) >= 11 is 0. The van der Waals surface area contributed by atoms with Crippen molar-refractivity contribution in [1.82, 2.24) is 5.32 Å². The summed E-state index contributed by atoms with van der Waals surface area (Å²) in [5, 5.41) is 12.6. The molecule has 2 aromatic rings. The molecular formula is C19H23NO7. The highest BCUT2D eigenvalue weighted by Crippen LogP contribution is 2.25. The Labute approximate surface area is 156 Å². The second-order valence-electron chi connectivity index (χ2n) is 6.23. The number of furan rings is 1. The molecule has 0 fully saturated rings. The number of benzene rings is 1. The molecule has 1 heterocycles. The summed E-state index contributed by atoms with van der Waals surface area (Å²) in [6.45, 7) is 3.21. The van der Waals surface area contributed by atoms with E-state index in [0.717, 1.165) is 0 Å². The van der Waals surface area contributed by atoms with Gasteiger partial charge in [-0.05, 0) is 18.1 Å². The first-order chi connectivity index (χ1) is 12.8. The highest BCUT2D eigenvalue weighted by atomic mass is 16.5. The molecule has 0 unspecified atom stereocenters. The van der Waals surface area contributed by atoms with Crippen LogP contribution in [0, 0.1) is 5.92 Å². The van der Waals surface area contributed by atoms with E-state index in [9.17, 15) is 19.5 Å². The summed E-state index contributed by atoms with van der Waals surface area (Å²) < 4.78 is 15.0. The van der Waals surface area contributed by atoms with E-state index >= 15 is 0 Å². The lowest BCUT2D eigenvalue weighted by molar-refractivity contribution is -0.150. The van der Waals surface area contributed by atoms with Gasteiger partial charge in [-0.3, -0.25) is 9.59 Å². The van der Waals surface area contributed by atoms with Crippen LogP contribution in [-0.4, -0.2) is 42.7 Å². The summed E-state index contributed by atoms with van der Waals surface area (Å²) in [6, 6.07) is 3.77. The summed E-state index contributed by atoms with van der Waals surface area (Å²) in [7, 11) is 1.25. The van der Waals surface area contributed by atoms with Crippen LogP contribution in [0.3, 0.4) is 0 Å². The van der Waals surface area contributed by atoms with Crippen LogP contribution in [0.5, 0.6) is 5.75 Å². The molecular weight excluding hydrogens is 354 g/mol. The Morgan fingerprint density at radius 1 is 1.30 bits per heavy atom. The minimum Gasteiger partial charge on any atom is -0.508 e. The Balaban J connectivity index is 1.90. The number of esters is 2. The molecule has 0 saturated carbocycles. The van der Waals surface area contributed by atoms with Gasteiger partial charge in [-0.25, -0.2) is 4.79 Å². The van der Waals surface area contributed by atoms with Crippen molar-refractivity contribution in [2.75, 3.05) is 13.7 Å². The maximum Gasteiger partial charge on any atom is 0.328 e. The quantitative estimate of drug-likeness (QED) is 0.675. The van der Waals surface area contributed by atoms with Gasteiger partial charge < -0.3 is 24.3 Å². The molecule has 2 atom stereocenters.